The summed E-state index contributed by atoms with van der Waals surface area (Å²) in [5.74, 6) is -0.501. The van der Waals surface area contributed by atoms with Crippen LogP contribution in [0.1, 0.15) is 69.4 Å². The molecule has 0 bridgehead atoms. The van der Waals surface area contributed by atoms with Crippen molar-refractivity contribution in [3.05, 3.63) is 40.8 Å². The van der Waals surface area contributed by atoms with Crippen molar-refractivity contribution in [1.29, 1.82) is 5.26 Å². The zero-order valence-corrected chi connectivity index (χ0v) is 19.8. The third-order valence-corrected chi connectivity index (χ3v) is 6.13. The quantitative estimate of drug-likeness (QED) is 0.584. The Kier molecular flexibility index (Phi) is 7.81. The molecule has 31 heavy (non-hydrogen) atoms. The molecule has 1 N–H and O–H groups in total. The average Bonchev–Trinajstić information content (AvgIpc) is 3.06. The van der Waals surface area contributed by atoms with Crippen LogP contribution in [0.15, 0.2) is 23.2 Å². The third kappa shape index (κ3) is 5.81. The number of halogens is 1. The third-order valence-electron chi connectivity index (χ3n) is 4.71. The van der Waals surface area contributed by atoms with Gasteiger partial charge in [-0.1, -0.05) is 13.8 Å². The fourth-order valence-electron chi connectivity index (χ4n) is 3.34. The number of hydrogen-bond acceptors (Lipinski definition) is 6. The van der Waals surface area contributed by atoms with Crippen molar-refractivity contribution in [3.63, 3.8) is 0 Å². The predicted molar refractivity (Wildman–Crippen MR) is 115 cm³/mol. The molecule has 1 unspecified atom stereocenters. The molecular formula is C21H30FN5O3S. The minimum atomic E-state index is -4.02. The summed E-state index contributed by atoms with van der Waals surface area (Å²) in [6.07, 6.45) is 1.61. The number of nitrogens with zero attached hydrogens (tertiary/aromatic N) is 4. The van der Waals surface area contributed by atoms with E-state index < -0.39 is 21.9 Å². The van der Waals surface area contributed by atoms with E-state index in [1.54, 1.807) is 17.9 Å². The van der Waals surface area contributed by atoms with E-state index >= 15 is 0 Å². The lowest BCUT2D eigenvalue weighted by Crippen LogP contribution is -2.28. The maximum Gasteiger partial charge on any atom is 0.292 e. The van der Waals surface area contributed by atoms with Gasteiger partial charge in [0.15, 0.2) is 10.8 Å². The van der Waals surface area contributed by atoms with Crippen molar-refractivity contribution in [3.8, 4) is 12.0 Å². The van der Waals surface area contributed by atoms with E-state index in [-0.39, 0.29) is 28.3 Å². The van der Waals surface area contributed by atoms with E-state index in [2.05, 4.69) is 9.82 Å². The molecule has 1 atom stereocenters. The first-order valence-electron chi connectivity index (χ1n) is 10.0. The minimum Gasteiger partial charge on any atom is -0.387 e. The van der Waals surface area contributed by atoms with Crippen LogP contribution in [0.5, 0.6) is 5.75 Å². The Balaban J connectivity index is 2.46. The molecule has 170 valence electrons. The fourth-order valence-corrected chi connectivity index (χ4v) is 4.54. The highest BCUT2D eigenvalue weighted by atomic mass is 32.2. The van der Waals surface area contributed by atoms with E-state index in [9.17, 15) is 12.8 Å². The lowest BCUT2D eigenvalue weighted by Gasteiger charge is -2.20. The van der Waals surface area contributed by atoms with Crippen molar-refractivity contribution in [2.75, 3.05) is 14.1 Å². The van der Waals surface area contributed by atoms with Gasteiger partial charge in [0, 0.05) is 35.8 Å². The van der Waals surface area contributed by atoms with E-state index in [1.807, 2.05) is 46.7 Å². The highest BCUT2D eigenvalue weighted by Gasteiger charge is 2.27. The molecule has 0 amide bonds. The zero-order valence-electron chi connectivity index (χ0n) is 19.0. The molecule has 1 aromatic heterocycles. The van der Waals surface area contributed by atoms with Crippen LogP contribution in [0.25, 0.3) is 0 Å². The van der Waals surface area contributed by atoms with Gasteiger partial charge < -0.3 is 9.64 Å². The number of ether oxygens (including phenoxy) is 1. The first kappa shape index (κ1) is 24.8. The summed E-state index contributed by atoms with van der Waals surface area (Å²) in [5, 5.41) is 13.2. The van der Waals surface area contributed by atoms with Gasteiger partial charge in [-0.3, -0.25) is 4.68 Å². The van der Waals surface area contributed by atoms with Crippen LogP contribution >= 0.6 is 0 Å². The molecule has 0 radical (unpaired) electrons. The first-order valence-corrected chi connectivity index (χ1v) is 11.5. The minimum absolute atomic E-state index is 0.0243. The van der Waals surface area contributed by atoms with E-state index in [0.717, 1.165) is 5.69 Å². The lowest BCUT2D eigenvalue weighted by molar-refractivity contribution is 0.372. The molecule has 0 saturated carbocycles. The van der Waals surface area contributed by atoms with Crippen LogP contribution in [0.4, 0.5) is 4.39 Å². The van der Waals surface area contributed by atoms with E-state index in [1.165, 1.54) is 18.2 Å². The fraction of sp³-hybridized carbons (Fsp3) is 0.524. The predicted octanol–water partition coefficient (Wildman–Crippen LogP) is 3.69. The normalized spacial score (nSPS) is 13.1. The van der Waals surface area contributed by atoms with Gasteiger partial charge in [-0.2, -0.15) is 5.10 Å². The lowest BCUT2D eigenvalue weighted by atomic mass is 9.96. The Morgan fingerprint density at radius 1 is 1.19 bits per heavy atom. The van der Waals surface area contributed by atoms with Gasteiger partial charge in [0.2, 0.25) is 0 Å². The second-order valence-electron chi connectivity index (χ2n) is 8.35. The van der Waals surface area contributed by atoms with Gasteiger partial charge in [0.1, 0.15) is 5.82 Å². The van der Waals surface area contributed by atoms with Gasteiger partial charge in [0.25, 0.3) is 16.3 Å². The number of hydrogen-bond donors (Lipinski definition) is 1. The molecule has 2 aromatic rings. The van der Waals surface area contributed by atoms with Crippen molar-refractivity contribution < 1.29 is 17.5 Å². The summed E-state index contributed by atoms with van der Waals surface area (Å²) < 4.78 is 49.7. The maximum atomic E-state index is 14.3. The zero-order chi connectivity index (χ0) is 23.5. The smallest absolute Gasteiger partial charge is 0.292 e. The van der Waals surface area contributed by atoms with E-state index in [0.29, 0.717) is 12.1 Å². The summed E-state index contributed by atoms with van der Waals surface area (Å²) >= 11 is 0. The van der Waals surface area contributed by atoms with Crippen molar-refractivity contribution >= 4 is 10.0 Å². The highest BCUT2D eigenvalue weighted by Crippen LogP contribution is 2.35. The standard InChI is InChI=1S/C21H30FN5O3S/c1-13(2)18-8-16(22)9-19(21(18)30-12-23)15(5)25-31(28,29)20-10-17(11-26(6)7)27(24-20)14(3)4/h8-10,13-15,25H,11H2,1-7H3. The number of benzene rings is 1. The second kappa shape index (κ2) is 9.77. The average molecular weight is 452 g/mol. The van der Waals surface area contributed by atoms with Crippen LogP contribution < -0.4 is 9.46 Å². The molecule has 0 aliphatic carbocycles. The molecule has 0 saturated heterocycles. The van der Waals surface area contributed by atoms with Gasteiger partial charge >= 0.3 is 0 Å². The van der Waals surface area contributed by atoms with Crippen molar-refractivity contribution in [2.45, 2.75) is 64.2 Å². The van der Waals surface area contributed by atoms with Gasteiger partial charge in [0.05, 0.1) is 5.69 Å². The largest absolute Gasteiger partial charge is 0.387 e. The molecule has 0 aliphatic rings. The monoisotopic (exact) mass is 451 g/mol. The molecular weight excluding hydrogens is 421 g/mol. The molecule has 1 heterocycles. The molecule has 2 rings (SSSR count). The summed E-state index contributed by atoms with van der Waals surface area (Å²) in [6, 6.07) is 3.12. The maximum absolute atomic E-state index is 14.3. The summed E-state index contributed by atoms with van der Waals surface area (Å²) in [5.41, 5.74) is 1.49. The topological polar surface area (TPSA) is 100 Å². The van der Waals surface area contributed by atoms with Gasteiger partial charge in [-0.25, -0.2) is 17.5 Å². The molecule has 0 fully saturated rings. The Labute approximate surface area is 183 Å². The molecule has 8 nitrogen and oxygen atoms in total. The van der Waals surface area contributed by atoms with Crippen LogP contribution in [0.3, 0.4) is 0 Å². The van der Waals surface area contributed by atoms with Crippen LogP contribution in [-0.4, -0.2) is 37.2 Å². The molecule has 1 aromatic carbocycles. The Morgan fingerprint density at radius 3 is 2.32 bits per heavy atom. The Bertz CT molecular complexity index is 1070. The summed E-state index contributed by atoms with van der Waals surface area (Å²) in [4.78, 5) is 1.92. The van der Waals surface area contributed by atoms with Gasteiger partial charge in [-0.15, -0.1) is 5.26 Å². The van der Waals surface area contributed by atoms with Crippen molar-refractivity contribution in [2.24, 2.45) is 0 Å². The number of rotatable bonds is 9. The Hall–Kier alpha value is -2.48. The molecule has 0 spiro atoms. The SMILES string of the molecule is CC(C)c1cc(F)cc(C(C)NS(=O)(=O)c2cc(CN(C)C)n(C(C)C)n2)c1OC#N. The van der Waals surface area contributed by atoms with Crippen LogP contribution in [-0.2, 0) is 16.6 Å². The molecule has 0 aliphatic heterocycles. The summed E-state index contributed by atoms with van der Waals surface area (Å²) in [7, 11) is -0.242. The van der Waals surface area contributed by atoms with Crippen LogP contribution in [0.2, 0.25) is 0 Å². The van der Waals surface area contributed by atoms with Crippen molar-refractivity contribution in [1.82, 2.24) is 19.4 Å². The first-order chi connectivity index (χ1) is 14.4. The second-order valence-corrected chi connectivity index (χ2v) is 10.0. The van der Waals surface area contributed by atoms with Gasteiger partial charge in [-0.05, 0) is 52.9 Å². The number of aromatic nitrogens is 2. The Morgan fingerprint density at radius 2 is 1.81 bits per heavy atom. The number of nitrogens with one attached hydrogen (secondary N) is 1. The molecule has 10 heteroatoms. The van der Waals surface area contributed by atoms with Crippen LogP contribution in [0, 0.1) is 17.3 Å². The summed E-state index contributed by atoms with van der Waals surface area (Å²) in [6.45, 7) is 9.61. The number of nitriles is 1. The van der Waals surface area contributed by atoms with E-state index in [4.69, 9.17) is 10.00 Å². The highest BCUT2D eigenvalue weighted by molar-refractivity contribution is 7.89. The number of sulfonamides is 1.